The number of thiazole rings is 1. The molecule has 1 aliphatic rings. The first-order valence-electron chi connectivity index (χ1n) is 9.05. The van der Waals surface area contributed by atoms with E-state index in [1.807, 2.05) is 47.4 Å². The molecule has 1 aromatic heterocycles. The average molecular weight is 414 g/mol. The summed E-state index contributed by atoms with van der Waals surface area (Å²) in [5, 5.41) is 1.63. The standard InChI is InChI=1S/C21H20ClN3O2S/c1-27-16-7-8-18-19(14-16)28-21(23-18)25-12-10-24(11-13-25)20(26)9-6-15-4-2-3-5-17(15)22/h2-9,14H,10-13H2,1H3/b9-6+. The van der Waals surface area contributed by atoms with E-state index in [4.69, 9.17) is 21.3 Å². The highest BCUT2D eigenvalue weighted by Crippen LogP contribution is 2.31. The minimum absolute atomic E-state index is 0.00797. The van der Waals surface area contributed by atoms with Gasteiger partial charge in [0, 0.05) is 37.3 Å². The number of rotatable bonds is 4. The third-order valence-corrected chi connectivity index (χ3v) is 6.18. The molecule has 0 saturated carbocycles. The number of methoxy groups -OCH3 is 1. The fraction of sp³-hybridized carbons (Fsp3) is 0.238. The van der Waals surface area contributed by atoms with E-state index in [0.29, 0.717) is 18.1 Å². The number of hydrogen-bond acceptors (Lipinski definition) is 5. The lowest BCUT2D eigenvalue weighted by Crippen LogP contribution is -2.48. The fourth-order valence-electron chi connectivity index (χ4n) is 3.15. The summed E-state index contributed by atoms with van der Waals surface area (Å²) >= 11 is 7.79. The molecule has 5 nitrogen and oxygen atoms in total. The fourth-order valence-corrected chi connectivity index (χ4v) is 4.39. The second-order valence-electron chi connectivity index (χ2n) is 6.50. The van der Waals surface area contributed by atoms with Gasteiger partial charge in [-0.15, -0.1) is 0 Å². The highest BCUT2D eigenvalue weighted by atomic mass is 35.5. The number of aromatic nitrogens is 1. The SMILES string of the molecule is COc1ccc2nc(N3CCN(C(=O)/C=C/c4ccccc4Cl)CC3)sc2c1. The molecule has 1 aliphatic heterocycles. The van der Waals surface area contributed by atoms with Gasteiger partial charge in [0.15, 0.2) is 5.13 Å². The van der Waals surface area contributed by atoms with Crippen molar-refractivity contribution in [2.24, 2.45) is 0 Å². The Bertz CT molecular complexity index is 1030. The van der Waals surface area contributed by atoms with E-state index in [0.717, 1.165) is 39.8 Å². The zero-order valence-electron chi connectivity index (χ0n) is 15.5. The van der Waals surface area contributed by atoms with E-state index >= 15 is 0 Å². The Morgan fingerprint density at radius 1 is 1.18 bits per heavy atom. The Morgan fingerprint density at radius 3 is 2.71 bits per heavy atom. The van der Waals surface area contributed by atoms with Gasteiger partial charge in [-0.1, -0.05) is 41.1 Å². The lowest BCUT2D eigenvalue weighted by molar-refractivity contribution is -0.126. The molecule has 0 aliphatic carbocycles. The van der Waals surface area contributed by atoms with Crippen molar-refractivity contribution in [3.8, 4) is 5.75 Å². The summed E-state index contributed by atoms with van der Waals surface area (Å²) in [7, 11) is 1.67. The van der Waals surface area contributed by atoms with Crippen LogP contribution >= 0.6 is 22.9 Å². The van der Waals surface area contributed by atoms with Crippen molar-refractivity contribution >= 4 is 50.3 Å². The predicted octanol–water partition coefficient (Wildman–Crippen LogP) is 4.32. The molecule has 0 radical (unpaired) electrons. The molecule has 1 saturated heterocycles. The van der Waals surface area contributed by atoms with E-state index in [1.54, 1.807) is 30.6 Å². The van der Waals surface area contributed by atoms with Crippen LogP contribution in [0.25, 0.3) is 16.3 Å². The van der Waals surface area contributed by atoms with Crippen molar-refractivity contribution in [2.75, 3.05) is 38.2 Å². The van der Waals surface area contributed by atoms with Gasteiger partial charge in [0.2, 0.25) is 5.91 Å². The van der Waals surface area contributed by atoms with Gasteiger partial charge in [-0.25, -0.2) is 4.98 Å². The second kappa shape index (κ2) is 8.20. The first-order valence-corrected chi connectivity index (χ1v) is 10.2. The first kappa shape index (κ1) is 18.8. The molecule has 0 unspecified atom stereocenters. The molecule has 28 heavy (non-hydrogen) atoms. The van der Waals surface area contributed by atoms with Crippen molar-refractivity contribution in [3.05, 3.63) is 59.1 Å². The Morgan fingerprint density at radius 2 is 1.96 bits per heavy atom. The molecule has 7 heteroatoms. The van der Waals surface area contributed by atoms with Gasteiger partial charge in [0.05, 0.1) is 17.3 Å². The summed E-state index contributed by atoms with van der Waals surface area (Å²) in [5.41, 5.74) is 1.82. The lowest BCUT2D eigenvalue weighted by Gasteiger charge is -2.34. The Hall–Kier alpha value is -2.57. The topological polar surface area (TPSA) is 45.7 Å². The maximum absolute atomic E-state index is 12.5. The van der Waals surface area contributed by atoms with Crippen LogP contribution in [0.4, 0.5) is 5.13 Å². The molecule has 2 aromatic carbocycles. The van der Waals surface area contributed by atoms with Crippen LogP contribution in [0.1, 0.15) is 5.56 Å². The quantitative estimate of drug-likeness (QED) is 0.597. The van der Waals surface area contributed by atoms with E-state index < -0.39 is 0 Å². The van der Waals surface area contributed by atoms with Crippen molar-refractivity contribution in [2.45, 2.75) is 0 Å². The van der Waals surface area contributed by atoms with Crippen LogP contribution in [0.3, 0.4) is 0 Å². The Balaban J connectivity index is 1.39. The van der Waals surface area contributed by atoms with Crippen LogP contribution in [0.5, 0.6) is 5.75 Å². The van der Waals surface area contributed by atoms with Crippen LogP contribution in [0.2, 0.25) is 5.02 Å². The van der Waals surface area contributed by atoms with Gasteiger partial charge in [-0.05, 0) is 35.9 Å². The second-order valence-corrected chi connectivity index (χ2v) is 7.91. The molecule has 0 spiro atoms. The van der Waals surface area contributed by atoms with E-state index in [-0.39, 0.29) is 5.91 Å². The van der Waals surface area contributed by atoms with Crippen LogP contribution in [-0.4, -0.2) is 49.1 Å². The van der Waals surface area contributed by atoms with Crippen molar-refractivity contribution in [1.82, 2.24) is 9.88 Å². The third-order valence-electron chi connectivity index (χ3n) is 4.76. The Labute approximate surface area is 172 Å². The van der Waals surface area contributed by atoms with Gasteiger partial charge in [-0.2, -0.15) is 0 Å². The number of fused-ring (bicyclic) bond motifs is 1. The van der Waals surface area contributed by atoms with Crippen molar-refractivity contribution < 1.29 is 9.53 Å². The molecule has 0 N–H and O–H groups in total. The highest BCUT2D eigenvalue weighted by molar-refractivity contribution is 7.22. The maximum Gasteiger partial charge on any atom is 0.246 e. The van der Waals surface area contributed by atoms with Gasteiger partial charge >= 0.3 is 0 Å². The van der Waals surface area contributed by atoms with Crippen LogP contribution in [0.15, 0.2) is 48.5 Å². The number of ether oxygens (including phenoxy) is 1. The first-order chi connectivity index (χ1) is 13.6. The normalized spacial score (nSPS) is 14.8. The van der Waals surface area contributed by atoms with Crippen molar-refractivity contribution in [3.63, 3.8) is 0 Å². The summed E-state index contributed by atoms with van der Waals surface area (Å²) in [6, 6.07) is 13.4. The third kappa shape index (κ3) is 3.98. The summed E-state index contributed by atoms with van der Waals surface area (Å²) in [6.07, 6.45) is 3.37. The van der Waals surface area contributed by atoms with Gasteiger partial charge in [0.1, 0.15) is 5.75 Å². The molecule has 2 heterocycles. The summed E-state index contributed by atoms with van der Waals surface area (Å²) in [6.45, 7) is 2.88. The van der Waals surface area contributed by atoms with Crippen molar-refractivity contribution in [1.29, 1.82) is 0 Å². The van der Waals surface area contributed by atoms with E-state index in [1.165, 1.54) is 0 Å². The summed E-state index contributed by atoms with van der Waals surface area (Å²) < 4.78 is 6.39. The predicted molar refractivity (Wildman–Crippen MR) is 115 cm³/mol. The molecule has 1 amide bonds. The van der Waals surface area contributed by atoms with E-state index in [2.05, 4.69) is 4.90 Å². The molecule has 3 aromatic rings. The maximum atomic E-state index is 12.5. The van der Waals surface area contributed by atoms with Gasteiger partial charge in [-0.3, -0.25) is 4.79 Å². The van der Waals surface area contributed by atoms with Gasteiger partial charge in [0.25, 0.3) is 0 Å². The number of anilines is 1. The molecule has 0 bridgehead atoms. The molecule has 4 rings (SSSR count). The smallest absolute Gasteiger partial charge is 0.246 e. The monoisotopic (exact) mass is 413 g/mol. The number of hydrogen-bond donors (Lipinski definition) is 0. The highest BCUT2D eigenvalue weighted by Gasteiger charge is 2.22. The largest absolute Gasteiger partial charge is 0.497 e. The number of halogens is 1. The minimum Gasteiger partial charge on any atom is -0.497 e. The summed E-state index contributed by atoms with van der Waals surface area (Å²) in [5.74, 6) is 0.844. The van der Waals surface area contributed by atoms with Crippen LogP contribution in [-0.2, 0) is 4.79 Å². The Kier molecular flexibility index (Phi) is 5.50. The van der Waals surface area contributed by atoms with Gasteiger partial charge < -0.3 is 14.5 Å². The van der Waals surface area contributed by atoms with E-state index in [9.17, 15) is 4.79 Å². The molecule has 144 valence electrons. The summed E-state index contributed by atoms with van der Waals surface area (Å²) in [4.78, 5) is 21.3. The number of benzene rings is 2. The number of amides is 1. The molecule has 1 fully saturated rings. The zero-order chi connectivity index (χ0) is 19.5. The number of carbonyl (C=O) groups excluding carboxylic acids is 1. The molecular formula is C21H20ClN3O2S. The molecular weight excluding hydrogens is 394 g/mol. The molecule has 0 atom stereocenters. The lowest BCUT2D eigenvalue weighted by atomic mass is 10.2. The van der Waals surface area contributed by atoms with Crippen LogP contribution in [0, 0.1) is 0 Å². The zero-order valence-corrected chi connectivity index (χ0v) is 17.0. The van der Waals surface area contributed by atoms with Crippen LogP contribution < -0.4 is 9.64 Å². The number of piperazine rings is 1. The number of carbonyl (C=O) groups is 1. The average Bonchev–Trinajstić information content (AvgIpc) is 3.16. The number of nitrogens with zero attached hydrogens (tertiary/aromatic N) is 3. The minimum atomic E-state index is 0.00797.